The molecular weight excluding hydrogens is 330 g/mol. The molecule has 2 fully saturated rings. The van der Waals surface area contributed by atoms with Gasteiger partial charge in [0.05, 0.1) is 19.1 Å². The maximum absolute atomic E-state index is 13.8. The quantitative estimate of drug-likeness (QED) is 0.755. The molecule has 142 valence electrons. The normalized spacial score (nSPS) is 25.0. The number of benzene rings is 1. The molecule has 1 aromatic carbocycles. The summed E-state index contributed by atoms with van der Waals surface area (Å²) < 4.78 is 18.4. The van der Waals surface area contributed by atoms with Gasteiger partial charge in [-0.15, -0.1) is 0 Å². The van der Waals surface area contributed by atoms with Crippen molar-refractivity contribution in [2.75, 3.05) is 13.7 Å². The van der Waals surface area contributed by atoms with Gasteiger partial charge in [-0.1, -0.05) is 25.0 Å². The number of methoxy groups -OCH3 is 1. The first-order chi connectivity index (χ1) is 13.1. The second-order valence-corrected chi connectivity index (χ2v) is 7.23. The third-order valence-electron chi connectivity index (χ3n) is 5.80. The second kappa shape index (κ2) is 7.68. The number of nitrogens with zero attached hydrogens (tertiary/aromatic N) is 1. The minimum absolute atomic E-state index is 0.0158. The molecule has 2 atom stereocenters. The minimum atomic E-state index is -0.616. The predicted molar refractivity (Wildman–Crippen MR) is 99.1 cm³/mol. The van der Waals surface area contributed by atoms with Gasteiger partial charge in [0.1, 0.15) is 11.8 Å². The first kappa shape index (κ1) is 17.4. The van der Waals surface area contributed by atoms with Crippen LogP contribution < -0.4 is 4.74 Å². The molecule has 0 N–H and O–H groups in total. The fourth-order valence-electron chi connectivity index (χ4n) is 4.42. The molecular formula is C21H29NO4. The van der Waals surface area contributed by atoms with E-state index in [-0.39, 0.29) is 24.8 Å². The Kier molecular flexibility index (Phi) is 5.14. The fourth-order valence-corrected chi connectivity index (χ4v) is 4.42. The fraction of sp³-hybridized carbons (Fsp3) is 0.619. The van der Waals surface area contributed by atoms with Crippen molar-refractivity contribution in [3.63, 3.8) is 0 Å². The van der Waals surface area contributed by atoms with Crippen LogP contribution in [0.15, 0.2) is 24.3 Å². The second-order valence-electron chi connectivity index (χ2n) is 7.23. The molecule has 0 bridgehead atoms. The number of hydrogen-bond acceptors (Lipinski definition) is 4. The third kappa shape index (κ3) is 3.19. The van der Waals surface area contributed by atoms with Gasteiger partial charge in [0, 0.05) is 7.41 Å². The summed E-state index contributed by atoms with van der Waals surface area (Å²) in [6.45, 7) is 2.18. The maximum atomic E-state index is 13.8. The number of carbonyl (C=O) groups is 2. The molecule has 0 aromatic heterocycles. The summed E-state index contributed by atoms with van der Waals surface area (Å²) in [5, 5.41) is 0. The van der Waals surface area contributed by atoms with Gasteiger partial charge in [-0.05, 0) is 57.2 Å². The Morgan fingerprint density at radius 3 is 2.50 bits per heavy atom. The topological polar surface area (TPSA) is 55.8 Å². The Morgan fingerprint density at radius 2 is 1.92 bits per heavy atom. The summed E-state index contributed by atoms with van der Waals surface area (Å²) in [4.78, 5) is 28.0. The lowest BCUT2D eigenvalue weighted by Crippen LogP contribution is -2.52. The van der Waals surface area contributed by atoms with Crippen molar-refractivity contribution < 1.29 is 20.4 Å². The highest BCUT2D eigenvalue weighted by atomic mass is 16.5. The van der Waals surface area contributed by atoms with Gasteiger partial charge in [-0.2, -0.15) is 0 Å². The molecule has 0 radical (unpaired) electrons. The first-order valence-corrected chi connectivity index (χ1v) is 9.50. The van der Waals surface area contributed by atoms with E-state index in [4.69, 9.17) is 10.8 Å². The summed E-state index contributed by atoms with van der Waals surface area (Å²) in [6, 6.07) is 6.92. The molecule has 1 saturated carbocycles. The Balaban J connectivity index is 1.95. The molecule has 1 amide bonds. The zero-order chi connectivity index (χ0) is 19.4. The van der Waals surface area contributed by atoms with Crippen LogP contribution in [0.3, 0.4) is 0 Å². The lowest BCUT2D eigenvalue weighted by Gasteiger charge is -2.37. The van der Waals surface area contributed by atoms with Gasteiger partial charge in [-0.3, -0.25) is 4.79 Å². The molecule has 1 saturated heterocycles. The highest BCUT2D eigenvalue weighted by Crippen LogP contribution is 2.45. The average Bonchev–Trinajstić information content (AvgIpc) is 3.35. The molecule has 5 heteroatoms. The predicted octanol–water partition coefficient (Wildman–Crippen LogP) is 3.45. The van der Waals surface area contributed by atoms with Crippen molar-refractivity contribution in [2.24, 2.45) is 0 Å². The highest BCUT2D eigenvalue weighted by Gasteiger charge is 2.50. The minimum Gasteiger partial charge on any atom is -0.497 e. The first-order valence-electron chi connectivity index (χ1n) is 10.2. The lowest BCUT2D eigenvalue weighted by atomic mass is 9.77. The molecule has 0 spiro atoms. The number of amides is 1. The maximum Gasteiger partial charge on any atom is 0.328 e. The SMILES string of the molecule is [2H]C[C@@H]1CC[C@@H](C(=O)OCC)N1C(=O)C1(c2ccc(OC)cc2)CCCC1. The van der Waals surface area contributed by atoms with E-state index in [0.29, 0.717) is 19.4 Å². The van der Waals surface area contributed by atoms with Crippen LogP contribution in [0.1, 0.15) is 59.3 Å². The van der Waals surface area contributed by atoms with E-state index in [2.05, 4.69) is 0 Å². The van der Waals surface area contributed by atoms with E-state index >= 15 is 0 Å². The van der Waals surface area contributed by atoms with Crippen LogP contribution >= 0.6 is 0 Å². The summed E-state index contributed by atoms with van der Waals surface area (Å²) in [5.74, 6) is 0.400. The zero-order valence-corrected chi connectivity index (χ0v) is 15.7. The van der Waals surface area contributed by atoms with Crippen molar-refractivity contribution in [3.8, 4) is 5.75 Å². The van der Waals surface area contributed by atoms with E-state index < -0.39 is 11.5 Å². The van der Waals surface area contributed by atoms with E-state index in [9.17, 15) is 9.59 Å². The van der Waals surface area contributed by atoms with Gasteiger partial charge in [-0.25, -0.2) is 4.79 Å². The smallest absolute Gasteiger partial charge is 0.328 e. The molecule has 0 unspecified atom stereocenters. The monoisotopic (exact) mass is 360 g/mol. The lowest BCUT2D eigenvalue weighted by molar-refractivity contribution is -0.156. The van der Waals surface area contributed by atoms with Crippen molar-refractivity contribution >= 4 is 11.9 Å². The molecule has 3 rings (SSSR count). The van der Waals surface area contributed by atoms with E-state index in [0.717, 1.165) is 37.0 Å². The average molecular weight is 360 g/mol. The molecule has 2 aliphatic rings. The van der Waals surface area contributed by atoms with Crippen LogP contribution in [0, 0.1) is 0 Å². The van der Waals surface area contributed by atoms with Gasteiger partial charge in [0.25, 0.3) is 0 Å². The van der Waals surface area contributed by atoms with Crippen LogP contribution in [0.5, 0.6) is 5.75 Å². The number of esters is 1. The van der Waals surface area contributed by atoms with Crippen molar-refractivity contribution in [3.05, 3.63) is 29.8 Å². The van der Waals surface area contributed by atoms with Gasteiger partial charge < -0.3 is 14.4 Å². The zero-order valence-electron chi connectivity index (χ0n) is 16.7. The number of likely N-dealkylation sites (tertiary alicyclic amines) is 1. The summed E-state index contributed by atoms with van der Waals surface area (Å²) in [5.41, 5.74) is 0.360. The molecule has 26 heavy (non-hydrogen) atoms. The van der Waals surface area contributed by atoms with Crippen LogP contribution in [0.4, 0.5) is 0 Å². The van der Waals surface area contributed by atoms with Crippen LogP contribution in [0.25, 0.3) is 0 Å². The Morgan fingerprint density at radius 1 is 1.23 bits per heavy atom. The van der Waals surface area contributed by atoms with Crippen molar-refractivity contribution in [1.29, 1.82) is 0 Å². The molecule has 1 aromatic rings. The largest absolute Gasteiger partial charge is 0.497 e. The number of hydrogen-bond donors (Lipinski definition) is 0. The highest BCUT2D eigenvalue weighted by molar-refractivity contribution is 5.93. The molecule has 1 aliphatic heterocycles. The van der Waals surface area contributed by atoms with Crippen molar-refractivity contribution in [2.45, 2.75) is 69.8 Å². The van der Waals surface area contributed by atoms with E-state index in [1.807, 2.05) is 24.3 Å². The van der Waals surface area contributed by atoms with E-state index in [1.54, 1.807) is 18.9 Å². The Hall–Kier alpha value is -2.04. The third-order valence-corrected chi connectivity index (χ3v) is 5.80. The summed E-state index contributed by atoms with van der Waals surface area (Å²) >= 11 is 0. The Labute approximate surface area is 157 Å². The van der Waals surface area contributed by atoms with Crippen LogP contribution in [-0.4, -0.2) is 42.6 Å². The summed E-state index contributed by atoms with van der Waals surface area (Å²) in [7, 11) is 1.62. The molecule has 5 nitrogen and oxygen atoms in total. The van der Waals surface area contributed by atoms with Crippen LogP contribution in [-0.2, 0) is 19.7 Å². The van der Waals surface area contributed by atoms with Crippen LogP contribution in [0.2, 0.25) is 0 Å². The van der Waals surface area contributed by atoms with Gasteiger partial charge in [0.15, 0.2) is 0 Å². The van der Waals surface area contributed by atoms with E-state index in [1.165, 1.54) is 0 Å². The van der Waals surface area contributed by atoms with Crippen molar-refractivity contribution in [1.82, 2.24) is 4.90 Å². The molecule has 1 heterocycles. The number of carbonyl (C=O) groups excluding carboxylic acids is 2. The van der Waals surface area contributed by atoms with Gasteiger partial charge in [0.2, 0.25) is 5.91 Å². The molecule has 1 aliphatic carbocycles. The Bertz CT molecular complexity index is 669. The standard InChI is InChI=1S/C21H29NO4/c1-4-26-19(23)18-12-7-15(2)22(18)20(24)21(13-5-6-14-21)16-8-10-17(25-3)11-9-16/h8-11,15,18H,4-7,12-14H2,1-3H3/t15-,18+/m1/s1/i2D. The summed E-state index contributed by atoms with van der Waals surface area (Å²) in [6.07, 6.45) is 4.77. The number of ether oxygens (including phenoxy) is 2. The number of rotatable bonds is 5. The van der Waals surface area contributed by atoms with Gasteiger partial charge >= 0.3 is 5.97 Å².